The molecule has 8 rings (SSSR count). The second-order valence-corrected chi connectivity index (χ2v) is 17.7. The molecule has 2 fully saturated rings. The first-order valence-electron chi connectivity index (χ1n) is 22.2. The summed E-state index contributed by atoms with van der Waals surface area (Å²) < 4.78 is 33.2. The fourth-order valence-corrected chi connectivity index (χ4v) is 9.98. The Balaban J connectivity index is 1.05. The van der Waals surface area contributed by atoms with E-state index in [1.54, 1.807) is 36.4 Å². The van der Waals surface area contributed by atoms with E-state index in [-0.39, 0.29) is 37.1 Å². The maximum atomic E-state index is 14.0. The van der Waals surface area contributed by atoms with Gasteiger partial charge in [-0.1, -0.05) is 12.1 Å². The Kier molecular flexibility index (Phi) is 15.7. The Morgan fingerprint density at radius 1 is 0.647 bits per heavy atom. The molecule has 18 nitrogen and oxygen atoms in total. The molecule has 2 aromatic carbocycles. The highest BCUT2D eigenvalue weighted by atomic mass is 32.1. The fraction of sp³-hybridized carbons (Fsp3) is 0.375. The highest BCUT2D eigenvalue weighted by molar-refractivity contribution is 7.08. The summed E-state index contributed by atoms with van der Waals surface area (Å²) in [6.07, 6.45) is 5.08. The second kappa shape index (κ2) is 22.4. The van der Waals surface area contributed by atoms with Crippen molar-refractivity contribution in [3.8, 4) is 45.1 Å². The van der Waals surface area contributed by atoms with Gasteiger partial charge in [0.15, 0.2) is 0 Å². The minimum atomic E-state index is -0.896. The van der Waals surface area contributed by atoms with Crippen molar-refractivity contribution in [2.45, 2.75) is 49.9 Å². The highest BCUT2D eigenvalue weighted by Crippen LogP contribution is 2.42. The Hall–Kier alpha value is -6.74. The summed E-state index contributed by atoms with van der Waals surface area (Å²) in [6.45, 7) is 2.32. The van der Waals surface area contributed by atoms with Gasteiger partial charge in [0.1, 0.15) is 48.4 Å². The first-order valence-corrected chi connectivity index (χ1v) is 24.1. The van der Waals surface area contributed by atoms with Crippen molar-refractivity contribution in [3.05, 3.63) is 105 Å². The summed E-state index contributed by atoms with van der Waals surface area (Å²) in [5.74, 6) is 1.96. The third kappa shape index (κ3) is 10.7. The molecule has 2 saturated heterocycles. The minimum Gasteiger partial charge on any atom is -0.491 e. The molecule has 4 atom stereocenters. The van der Waals surface area contributed by atoms with E-state index in [9.17, 15) is 19.2 Å². The summed E-state index contributed by atoms with van der Waals surface area (Å²) in [5.41, 5.74) is 6.01. The number of aromatic amines is 2. The lowest BCUT2D eigenvalue weighted by Crippen LogP contribution is -2.42. The topological polar surface area (TPSA) is 212 Å². The number of rotatable bonds is 19. The zero-order valence-corrected chi connectivity index (χ0v) is 39.8. The molecule has 0 radical (unpaired) electrons. The van der Waals surface area contributed by atoms with Gasteiger partial charge in [-0.2, -0.15) is 22.7 Å². The zero-order chi connectivity index (χ0) is 47.6. The third-order valence-corrected chi connectivity index (χ3v) is 13.4. The number of H-pyrrole nitrogens is 2. The summed E-state index contributed by atoms with van der Waals surface area (Å²) in [4.78, 5) is 72.6. The van der Waals surface area contributed by atoms with Crippen molar-refractivity contribution >= 4 is 46.7 Å². The van der Waals surface area contributed by atoms with Crippen LogP contribution in [-0.2, 0) is 28.5 Å². The number of carbonyl (C=O) groups is 4. The van der Waals surface area contributed by atoms with Crippen LogP contribution in [0.1, 0.15) is 72.6 Å². The molecular formula is C48H54N8O10S2. The van der Waals surface area contributed by atoms with Crippen LogP contribution in [-0.4, -0.2) is 122 Å². The van der Waals surface area contributed by atoms with E-state index in [4.69, 9.17) is 38.4 Å². The molecule has 6 aromatic rings. The van der Waals surface area contributed by atoms with Crippen molar-refractivity contribution in [2.75, 3.05) is 68.0 Å². The van der Waals surface area contributed by atoms with Crippen LogP contribution in [0.5, 0.6) is 11.5 Å². The number of thiophene rings is 2. The van der Waals surface area contributed by atoms with Crippen LogP contribution >= 0.6 is 22.7 Å². The number of aromatic nitrogens is 4. The van der Waals surface area contributed by atoms with Gasteiger partial charge in [0.2, 0.25) is 0 Å². The van der Waals surface area contributed by atoms with Gasteiger partial charge < -0.3 is 58.8 Å². The van der Waals surface area contributed by atoms with Crippen molar-refractivity contribution in [1.82, 2.24) is 40.4 Å². The molecule has 0 aliphatic carbocycles. The molecule has 358 valence electrons. The number of hydrogen-bond donors (Lipinski definition) is 4. The van der Waals surface area contributed by atoms with Crippen LogP contribution in [0.2, 0.25) is 0 Å². The van der Waals surface area contributed by atoms with Gasteiger partial charge in [0, 0.05) is 49.6 Å². The number of alkyl carbamates (subject to hydrolysis) is 2. The van der Waals surface area contributed by atoms with Gasteiger partial charge in [0.05, 0.1) is 63.3 Å². The quantitative estimate of drug-likeness (QED) is 0.0573. The Morgan fingerprint density at radius 2 is 1.09 bits per heavy atom. The number of amides is 4. The summed E-state index contributed by atoms with van der Waals surface area (Å²) in [7, 11) is 5.78. The lowest BCUT2D eigenvalue weighted by atomic mass is 9.98. The predicted octanol–water partition coefficient (Wildman–Crippen LogP) is 7.83. The largest absolute Gasteiger partial charge is 0.491 e. The Morgan fingerprint density at radius 3 is 1.47 bits per heavy atom. The van der Waals surface area contributed by atoms with E-state index in [1.807, 2.05) is 70.1 Å². The van der Waals surface area contributed by atoms with Crippen molar-refractivity contribution in [3.63, 3.8) is 0 Å². The number of nitrogens with zero attached hydrogens (tertiary/aromatic N) is 4. The molecule has 0 saturated carbocycles. The van der Waals surface area contributed by atoms with Gasteiger partial charge >= 0.3 is 12.2 Å². The number of carbonyl (C=O) groups excluding carboxylic acids is 4. The van der Waals surface area contributed by atoms with Crippen molar-refractivity contribution in [2.24, 2.45) is 0 Å². The smallest absolute Gasteiger partial charge is 0.407 e. The molecule has 4 aromatic heterocycles. The molecule has 0 bridgehead atoms. The fourth-order valence-electron chi connectivity index (χ4n) is 8.61. The van der Waals surface area contributed by atoms with Crippen LogP contribution < -0.4 is 20.1 Å². The van der Waals surface area contributed by atoms with Crippen LogP contribution in [0.4, 0.5) is 9.59 Å². The lowest BCUT2D eigenvalue weighted by Gasteiger charge is -2.28. The standard InChI is InChI=1S/C48H54N8O10S2/c1-61-17-19-65-39-23-29(35-25-49-43(51-35)37-7-5-15-55(37)45(57)41(53-47(59)63-3)31-13-21-67-27-31)9-11-33(39)34-12-10-30(24-40(34)66-20-18-62-2)36-26-50-44(52-36)38-8-6-16-56(38)46(58)42(54-48(60)64-4)32-14-22-68-28-32/h9-14,21-28,37-38,41-42H,5-8,15-20H2,1-4H3,(H,49,51)(H,50,52)(H,53,59)(H,54,60)/t37-,38-,41+,42+/m0/s1. The van der Waals surface area contributed by atoms with E-state index in [0.29, 0.717) is 73.4 Å². The molecule has 4 amide bonds. The van der Waals surface area contributed by atoms with E-state index in [0.717, 1.165) is 46.5 Å². The maximum absolute atomic E-state index is 14.0. The van der Waals surface area contributed by atoms with E-state index < -0.39 is 24.3 Å². The Labute approximate surface area is 401 Å². The summed E-state index contributed by atoms with van der Waals surface area (Å²) in [6, 6.07) is 13.0. The number of imidazole rings is 2. The summed E-state index contributed by atoms with van der Waals surface area (Å²) >= 11 is 2.89. The minimum absolute atomic E-state index is 0.239. The van der Waals surface area contributed by atoms with Crippen LogP contribution in [0.3, 0.4) is 0 Å². The van der Waals surface area contributed by atoms with E-state index in [1.165, 1.54) is 36.9 Å². The molecule has 4 N–H and O–H groups in total. The maximum Gasteiger partial charge on any atom is 0.407 e. The molecule has 2 aliphatic heterocycles. The third-order valence-electron chi connectivity index (χ3n) is 12.0. The van der Waals surface area contributed by atoms with E-state index in [2.05, 4.69) is 20.6 Å². The highest BCUT2D eigenvalue weighted by Gasteiger charge is 2.39. The first-order chi connectivity index (χ1) is 33.2. The zero-order valence-electron chi connectivity index (χ0n) is 38.2. The Bertz CT molecular complexity index is 2470. The average molecular weight is 967 g/mol. The number of ether oxygens (including phenoxy) is 6. The van der Waals surface area contributed by atoms with E-state index >= 15 is 0 Å². The van der Waals surface area contributed by atoms with Crippen LogP contribution in [0, 0.1) is 0 Å². The molecule has 0 spiro atoms. The monoisotopic (exact) mass is 966 g/mol. The molecular weight excluding hydrogens is 913 g/mol. The number of nitrogens with one attached hydrogen (secondary N) is 4. The number of benzene rings is 2. The molecule has 0 unspecified atom stereocenters. The molecule has 2 aliphatic rings. The van der Waals surface area contributed by atoms with Gasteiger partial charge in [-0.3, -0.25) is 9.59 Å². The molecule has 6 heterocycles. The van der Waals surface area contributed by atoms with Gasteiger partial charge in [-0.25, -0.2) is 19.6 Å². The summed E-state index contributed by atoms with van der Waals surface area (Å²) in [5, 5.41) is 12.8. The average Bonchev–Trinajstić information content (AvgIpc) is 4.22. The lowest BCUT2D eigenvalue weighted by molar-refractivity contribution is -0.135. The van der Waals surface area contributed by atoms with Crippen LogP contribution in [0.15, 0.2) is 82.4 Å². The van der Waals surface area contributed by atoms with Crippen molar-refractivity contribution in [1.29, 1.82) is 0 Å². The van der Waals surface area contributed by atoms with Gasteiger partial charge in [-0.05, 0) is 94.7 Å². The van der Waals surface area contributed by atoms with Crippen molar-refractivity contribution < 1.29 is 47.6 Å². The predicted molar refractivity (Wildman–Crippen MR) is 254 cm³/mol. The SMILES string of the molecule is COCCOc1cc(-c2cnc([C@@H]3CCCN3C(=O)[C@H](NC(=O)OC)c3ccsc3)[nH]2)ccc1-c1ccc(-c2cnc([C@@H]3CCCN3C(=O)[C@H](NC(=O)OC)c3ccsc3)[nH]2)cc1OCCOC. The van der Waals surface area contributed by atoms with Gasteiger partial charge in [0.25, 0.3) is 11.8 Å². The number of methoxy groups -OCH3 is 4. The molecule has 20 heteroatoms. The number of hydrogen-bond acceptors (Lipinski definition) is 14. The first kappa shape index (κ1) is 47.7. The van der Waals surface area contributed by atoms with Crippen LogP contribution in [0.25, 0.3) is 33.6 Å². The molecule has 68 heavy (non-hydrogen) atoms. The normalized spacial score (nSPS) is 16.6. The number of likely N-dealkylation sites (tertiary alicyclic amines) is 2. The van der Waals surface area contributed by atoms with Gasteiger partial charge in [-0.15, -0.1) is 0 Å². The second-order valence-electron chi connectivity index (χ2n) is 16.1.